The Balaban J connectivity index is 2.67. The molecule has 6 heteroatoms. The Hall–Kier alpha value is -2.95. The zero-order valence-corrected chi connectivity index (χ0v) is 11.7. The van der Waals surface area contributed by atoms with Crippen molar-refractivity contribution in [2.45, 2.75) is 6.42 Å². The number of nitrogens with zero attached hydrogens (tertiary/aromatic N) is 2. The highest BCUT2D eigenvalue weighted by molar-refractivity contribution is 5.63. The van der Waals surface area contributed by atoms with Crippen LogP contribution in [-0.2, 0) is 6.42 Å². The monoisotopic (exact) mass is 298 g/mol. The van der Waals surface area contributed by atoms with Gasteiger partial charge in [0.05, 0.1) is 10.6 Å². The molecule has 22 heavy (non-hydrogen) atoms. The number of aliphatic hydroxyl groups is 1. The first kappa shape index (κ1) is 15.4. The van der Waals surface area contributed by atoms with Crippen molar-refractivity contribution in [1.82, 2.24) is 4.57 Å². The molecule has 0 aliphatic heterocycles. The van der Waals surface area contributed by atoms with E-state index >= 15 is 0 Å². The predicted molar refractivity (Wildman–Crippen MR) is 83.1 cm³/mol. The highest BCUT2D eigenvalue weighted by Gasteiger charge is 2.12. The van der Waals surface area contributed by atoms with E-state index in [1.54, 1.807) is 18.3 Å². The Kier molecular flexibility index (Phi) is 4.68. The molecular weight excluding hydrogens is 284 g/mol. The minimum Gasteiger partial charge on any atom is -0.396 e. The molecule has 1 N–H and O–H groups in total. The van der Waals surface area contributed by atoms with Crippen LogP contribution < -0.4 is 5.56 Å². The lowest BCUT2D eigenvalue weighted by molar-refractivity contribution is -0.384. The minimum absolute atomic E-state index is 0.0789. The molecule has 0 saturated carbocycles. The Morgan fingerprint density at radius 1 is 1.41 bits per heavy atom. The van der Waals surface area contributed by atoms with Crippen LogP contribution >= 0.6 is 0 Å². The Bertz CT molecular complexity index is 817. The normalized spacial score (nSPS) is 10.0. The number of nitro benzene ring substituents is 1. The Labute approximate surface area is 126 Å². The molecular formula is C16H14N2O4. The highest BCUT2D eigenvalue weighted by atomic mass is 16.6. The van der Waals surface area contributed by atoms with Crippen molar-refractivity contribution in [3.8, 4) is 5.69 Å². The molecule has 1 heterocycles. The maximum Gasteiger partial charge on any atom is 0.270 e. The molecule has 1 aromatic carbocycles. The second-order valence-corrected chi connectivity index (χ2v) is 4.53. The summed E-state index contributed by atoms with van der Waals surface area (Å²) >= 11 is 0. The number of pyridine rings is 1. The van der Waals surface area contributed by atoms with Crippen LogP contribution in [0.2, 0.25) is 0 Å². The van der Waals surface area contributed by atoms with Gasteiger partial charge in [-0.3, -0.25) is 19.5 Å². The van der Waals surface area contributed by atoms with Gasteiger partial charge < -0.3 is 5.11 Å². The van der Waals surface area contributed by atoms with Crippen molar-refractivity contribution in [2.24, 2.45) is 0 Å². The van der Waals surface area contributed by atoms with Crippen molar-refractivity contribution in [3.05, 3.63) is 80.4 Å². The predicted octanol–water partition coefficient (Wildman–Crippen LogP) is 2.08. The first-order valence-electron chi connectivity index (χ1n) is 6.54. The van der Waals surface area contributed by atoms with Crippen molar-refractivity contribution in [1.29, 1.82) is 0 Å². The van der Waals surface area contributed by atoms with Crippen LogP contribution in [0.1, 0.15) is 11.1 Å². The van der Waals surface area contributed by atoms with E-state index in [1.165, 1.54) is 28.8 Å². The van der Waals surface area contributed by atoms with Gasteiger partial charge in [-0.25, -0.2) is 0 Å². The van der Waals surface area contributed by atoms with Crippen LogP contribution in [0.4, 0.5) is 5.69 Å². The molecule has 0 amide bonds. The van der Waals surface area contributed by atoms with Crippen LogP contribution in [0.15, 0.2) is 53.6 Å². The van der Waals surface area contributed by atoms with Gasteiger partial charge in [-0.05, 0) is 18.2 Å². The van der Waals surface area contributed by atoms with Gasteiger partial charge in [0.2, 0.25) is 0 Å². The largest absolute Gasteiger partial charge is 0.396 e. The van der Waals surface area contributed by atoms with E-state index in [0.717, 1.165) is 0 Å². The molecule has 1 aromatic heterocycles. The zero-order valence-electron chi connectivity index (χ0n) is 11.7. The van der Waals surface area contributed by atoms with Gasteiger partial charge in [0.25, 0.3) is 11.2 Å². The lowest BCUT2D eigenvalue weighted by atomic mass is 10.1. The average Bonchev–Trinajstić information content (AvgIpc) is 2.50. The Morgan fingerprint density at radius 3 is 2.82 bits per heavy atom. The van der Waals surface area contributed by atoms with Crippen LogP contribution in [0.3, 0.4) is 0 Å². The summed E-state index contributed by atoms with van der Waals surface area (Å²) in [4.78, 5) is 22.8. The molecule has 0 bridgehead atoms. The standard InChI is InChI=1S/C16H14N2O4/c1-2-4-13-11-14(18(21)22)6-7-15(13)17-9-3-5-12(8-10-19)16(17)20/h3-7,9,11,19H,1,8,10H2. The number of aromatic nitrogens is 1. The molecule has 0 radical (unpaired) electrons. The van der Waals surface area contributed by atoms with Crippen LogP contribution in [0.5, 0.6) is 0 Å². The van der Waals surface area contributed by atoms with Gasteiger partial charge >= 0.3 is 0 Å². The first-order valence-corrected chi connectivity index (χ1v) is 6.54. The molecule has 0 aliphatic carbocycles. The number of rotatable bonds is 5. The summed E-state index contributed by atoms with van der Waals surface area (Å²) in [6.45, 7) is 3.34. The van der Waals surface area contributed by atoms with E-state index in [4.69, 9.17) is 5.11 Å². The molecule has 0 aliphatic rings. The summed E-state index contributed by atoms with van der Waals surface area (Å²) in [7, 11) is 0. The number of nitro groups is 1. The molecule has 0 saturated heterocycles. The zero-order chi connectivity index (χ0) is 16.1. The minimum atomic E-state index is -0.505. The second-order valence-electron chi connectivity index (χ2n) is 4.53. The third-order valence-electron chi connectivity index (χ3n) is 3.15. The summed E-state index contributed by atoms with van der Waals surface area (Å²) in [6.07, 6.45) is 3.30. The lowest BCUT2D eigenvalue weighted by Crippen LogP contribution is -2.22. The first-order chi connectivity index (χ1) is 10.6. The quantitative estimate of drug-likeness (QED) is 0.520. The van der Waals surface area contributed by atoms with Crippen LogP contribution in [0.25, 0.3) is 11.8 Å². The number of hydrogen-bond acceptors (Lipinski definition) is 4. The number of aliphatic hydroxyl groups excluding tert-OH is 1. The van der Waals surface area contributed by atoms with E-state index in [9.17, 15) is 14.9 Å². The Morgan fingerprint density at radius 2 is 2.18 bits per heavy atom. The molecule has 0 spiro atoms. The number of benzene rings is 1. The van der Waals surface area contributed by atoms with Crippen molar-refractivity contribution < 1.29 is 10.0 Å². The van der Waals surface area contributed by atoms with Crippen LogP contribution in [0, 0.1) is 10.1 Å². The number of non-ortho nitro benzene ring substituents is 1. The summed E-state index contributed by atoms with van der Waals surface area (Å²) in [5.41, 5.74) is 3.64. The molecule has 112 valence electrons. The lowest BCUT2D eigenvalue weighted by Gasteiger charge is -2.10. The van der Waals surface area contributed by atoms with E-state index in [1.807, 2.05) is 0 Å². The molecule has 6 nitrogen and oxygen atoms in total. The summed E-state index contributed by atoms with van der Waals surface area (Å²) < 4.78 is 1.39. The maximum atomic E-state index is 12.4. The molecule has 0 fully saturated rings. The molecule has 2 rings (SSSR count). The smallest absolute Gasteiger partial charge is 0.270 e. The topological polar surface area (TPSA) is 85.4 Å². The molecule has 2 aromatic rings. The van der Waals surface area contributed by atoms with Crippen molar-refractivity contribution in [3.63, 3.8) is 0 Å². The third-order valence-corrected chi connectivity index (χ3v) is 3.15. The van der Waals surface area contributed by atoms with E-state index in [2.05, 4.69) is 12.3 Å². The second kappa shape index (κ2) is 6.67. The molecule has 0 unspecified atom stereocenters. The summed E-state index contributed by atoms with van der Waals surface area (Å²) in [5, 5.41) is 19.9. The summed E-state index contributed by atoms with van der Waals surface area (Å²) in [5.74, 6) is 0. The number of hydrogen-bond donors (Lipinski definition) is 1. The fraction of sp³-hybridized carbons (Fsp3) is 0.125. The van der Waals surface area contributed by atoms with Gasteiger partial charge in [0.15, 0.2) is 0 Å². The SMILES string of the molecule is C=C=Cc1cc([N+](=O)[O-])ccc1-n1cccc(CCO)c1=O. The van der Waals surface area contributed by atoms with E-state index in [0.29, 0.717) is 16.8 Å². The van der Waals surface area contributed by atoms with Gasteiger partial charge in [0.1, 0.15) is 0 Å². The third kappa shape index (κ3) is 3.03. The van der Waals surface area contributed by atoms with Crippen molar-refractivity contribution in [2.75, 3.05) is 6.61 Å². The summed E-state index contributed by atoms with van der Waals surface area (Å²) in [6, 6.07) is 7.53. The van der Waals surface area contributed by atoms with Crippen LogP contribution in [-0.4, -0.2) is 21.2 Å². The van der Waals surface area contributed by atoms with E-state index < -0.39 is 4.92 Å². The van der Waals surface area contributed by atoms with E-state index in [-0.39, 0.29) is 24.3 Å². The molecule has 0 atom stereocenters. The van der Waals surface area contributed by atoms with Gasteiger partial charge in [-0.15, -0.1) is 5.73 Å². The fourth-order valence-corrected chi connectivity index (χ4v) is 2.14. The van der Waals surface area contributed by atoms with Crippen molar-refractivity contribution >= 4 is 11.8 Å². The van der Waals surface area contributed by atoms with Gasteiger partial charge in [-0.2, -0.15) is 0 Å². The average molecular weight is 298 g/mol. The van der Waals surface area contributed by atoms with Gasteiger partial charge in [0, 0.05) is 42.5 Å². The van der Waals surface area contributed by atoms with Gasteiger partial charge in [-0.1, -0.05) is 12.6 Å². The highest BCUT2D eigenvalue weighted by Crippen LogP contribution is 2.21. The fourth-order valence-electron chi connectivity index (χ4n) is 2.14. The maximum absolute atomic E-state index is 12.4.